The Labute approximate surface area is 131 Å². The van der Waals surface area contributed by atoms with Crippen molar-refractivity contribution in [2.75, 3.05) is 13.2 Å². The van der Waals surface area contributed by atoms with Crippen molar-refractivity contribution in [1.29, 1.82) is 0 Å². The Kier molecular flexibility index (Phi) is 5.20. The fraction of sp³-hybridized carbons (Fsp3) is 0.533. The van der Waals surface area contributed by atoms with Gasteiger partial charge in [-0.1, -0.05) is 6.07 Å². The average Bonchev–Trinajstić information content (AvgIpc) is 3.30. The van der Waals surface area contributed by atoms with Crippen LogP contribution in [0, 0.1) is 12.8 Å². The molecule has 0 heterocycles. The van der Waals surface area contributed by atoms with Gasteiger partial charge in [-0.25, -0.2) is 17.9 Å². The lowest BCUT2D eigenvalue weighted by molar-refractivity contribution is 0.0526. The third-order valence-corrected chi connectivity index (χ3v) is 5.37. The Morgan fingerprint density at radius 3 is 2.68 bits per heavy atom. The van der Waals surface area contributed by atoms with Gasteiger partial charge in [-0.3, -0.25) is 0 Å². The van der Waals surface area contributed by atoms with Gasteiger partial charge in [0.25, 0.3) is 0 Å². The van der Waals surface area contributed by atoms with Crippen LogP contribution in [0.5, 0.6) is 0 Å². The third kappa shape index (κ3) is 3.85. The molecule has 2 rings (SSSR count). The number of hydrogen-bond donors (Lipinski definition) is 2. The summed E-state index contributed by atoms with van der Waals surface area (Å²) >= 11 is 0. The molecule has 3 N–H and O–H groups in total. The summed E-state index contributed by atoms with van der Waals surface area (Å²) in [5.74, 6) is -0.218. The second-order valence-corrected chi connectivity index (χ2v) is 7.18. The molecule has 0 bridgehead atoms. The van der Waals surface area contributed by atoms with Crippen LogP contribution in [0.1, 0.15) is 35.7 Å². The van der Waals surface area contributed by atoms with Gasteiger partial charge in [0, 0.05) is 12.6 Å². The highest BCUT2D eigenvalue weighted by molar-refractivity contribution is 7.89. The maximum absolute atomic E-state index is 12.6. The van der Waals surface area contributed by atoms with Crippen LogP contribution in [-0.2, 0) is 14.8 Å². The van der Waals surface area contributed by atoms with Gasteiger partial charge in [0.1, 0.15) is 0 Å². The molecule has 0 amide bonds. The Balaban J connectivity index is 2.29. The lowest BCUT2D eigenvalue weighted by Gasteiger charge is -2.17. The highest BCUT2D eigenvalue weighted by atomic mass is 32.2. The van der Waals surface area contributed by atoms with Crippen molar-refractivity contribution in [1.82, 2.24) is 4.72 Å². The first-order valence-corrected chi connectivity index (χ1v) is 8.87. The maximum atomic E-state index is 12.6. The number of benzene rings is 1. The van der Waals surface area contributed by atoms with Crippen LogP contribution < -0.4 is 10.5 Å². The standard InChI is InChI=1S/C15H22N2O4S/c1-3-21-15(18)12-5-4-10(2)14(8-12)22(19,20)17-13(9-16)11-6-7-11/h4-5,8,11,13,17H,3,6-7,9,16H2,1-2H3. The zero-order chi connectivity index (χ0) is 16.3. The molecule has 1 aliphatic rings. The van der Waals surface area contributed by atoms with Gasteiger partial charge in [-0.05, 0) is 50.3 Å². The van der Waals surface area contributed by atoms with Crippen molar-refractivity contribution in [3.8, 4) is 0 Å². The van der Waals surface area contributed by atoms with Crippen molar-refractivity contribution in [2.45, 2.75) is 37.6 Å². The van der Waals surface area contributed by atoms with Gasteiger partial charge in [0.05, 0.1) is 17.1 Å². The molecule has 6 nitrogen and oxygen atoms in total. The fourth-order valence-electron chi connectivity index (χ4n) is 2.33. The largest absolute Gasteiger partial charge is 0.462 e. The molecule has 1 aromatic rings. The van der Waals surface area contributed by atoms with E-state index in [0.717, 1.165) is 12.8 Å². The Bertz CT molecular complexity index is 654. The van der Waals surface area contributed by atoms with Crippen molar-refractivity contribution < 1.29 is 17.9 Å². The quantitative estimate of drug-likeness (QED) is 0.733. The summed E-state index contributed by atoms with van der Waals surface area (Å²) in [4.78, 5) is 11.9. The minimum Gasteiger partial charge on any atom is -0.462 e. The Hall–Kier alpha value is -1.44. The maximum Gasteiger partial charge on any atom is 0.338 e. The van der Waals surface area contributed by atoms with Crippen LogP contribution in [0.25, 0.3) is 0 Å². The molecule has 7 heteroatoms. The molecule has 0 aliphatic heterocycles. The van der Waals surface area contributed by atoms with Crippen molar-refractivity contribution in [3.63, 3.8) is 0 Å². The number of nitrogens with one attached hydrogen (secondary N) is 1. The number of aryl methyl sites for hydroxylation is 1. The van der Waals surface area contributed by atoms with Crippen molar-refractivity contribution in [3.05, 3.63) is 29.3 Å². The lowest BCUT2D eigenvalue weighted by atomic mass is 10.1. The first kappa shape index (κ1) is 16.9. The molecular weight excluding hydrogens is 304 g/mol. The summed E-state index contributed by atoms with van der Waals surface area (Å²) in [6, 6.07) is 4.27. The summed E-state index contributed by atoms with van der Waals surface area (Å²) in [5, 5.41) is 0. The number of carbonyl (C=O) groups excluding carboxylic acids is 1. The van der Waals surface area contributed by atoms with Crippen LogP contribution in [0.2, 0.25) is 0 Å². The molecule has 0 spiro atoms. The van der Waals surface area contributed by atoms with E-state index in [9.17, 15) is 13.2 Å². The van der Waals surface area contributed by atoms with Crippen LogP contribution in [-0.4, -0.2) is 33.6 Å². The molecule has 1 fully saturated rings. The summed E-state index contributed by atoms with van der Waals surface area (Å²) in [6.45, 7) is 3.90. The third-order valence-electron chi connectivity index (χ3n) is 3.74. The number of ether oxygens (including phenoxy) is 1. The van der Waals surface area contributed by atoms with Gasteiger partial charge < -0.3 is 10.5 Å². The monoisotopic (exact) mass is 326 g/mol. The van der Waals surface area contributed by atoms with Crippen LogP contribution in [0.4, 0.5) is 0 Å². The zero-order valence-corrected chi connectivity index (χ0v) is 13.7. The van der Waals surface area contributed by atoms with E-state index >= 15 is 0 Å². The predicted octanol–water partition coefficient (Wildman–Crippen LogP) is 1.19. The number of hydrogen-bond acceptors (Lipinski definition) is 5. The Morgan fingerprint density at radius 2 is 2.14 bits per heavy atom. The molecule has 0 saturated heterocycles. The summed E-state index contributed by atoms with van der Waals surface area (Å²) < 4.78 is 32.7. The average molecular weight is 326 g/mol. The Morgan fingerprint density at radius 1 is 1.45 bits per heavy atom. The molecule has 0 aromatic heterocycles. The van der Waals surface area contributed by atoms with E-state index in [4.69, 9.17) is 10.5 Å². The van der Waals surface area contributed by atoms with E-state index in [1.165, 1.54) is 6.07 Å². The van der Waals surface area contributed by atoms with E-state index in [1.54, 1.807) is 26.0 Å². The SMILES string of the molecule is CCOC(=O)c1ccc(C)c(S(=O)(=O)NC(CN)C2CC2)c1. The van der Waals surface area contributed by atoms with E-state index in [2.05, 4.69) is 4.72 Å². The zero-order valence-electron chi connectivity index (χ0n) is 12.8. The predicted molar refractivity (Wildman–Crippen MR) is 83.0 cm³/mol. The minimum atomic E-state index is -3.72. The first-order chi connectivity index (χ1) is 10.4. The number of carbonyl (C=O) groups is 1. The van der Waals surface area contributed by atoms with Gasteiger partial charge >= 0.3 is 5.97 Å². The number of rotatable bonds is 7. The molecule has 1 aromatic carbocycles. The van der Waals surface area contributed by atoms with Gasteiger partial charge in [-0.15, -0.1) is 0 Å². The summed E-state index contributed by atoms with van der Waals surface area (Å²) in [7, 11) is -3.72. The van der Waals surface area contributed by atoms with E-state index in [0.29, 0.717) is 11.5 Å². The van der Waals surface area contributed by atoms with Crippen LogP contribution in [0.15, 0.2) is 23.1 Å². The molecule has 22 heavy (non-hydrogen) atoms. The molecule has 122 valence electrons. The highest BCUT2D eigenvalue weighted by Gasteiger charge is 2.34. The van der Waals surface area contributed by atoms with Crippen molar-refractivity contribution >= 4 is 16.0 Å². The van der Waals surface area contributed by atoms with E-state index < -0.39 is 16.0 Å². The molecular formula is C15H22N2O4S. The second-order valence-electron chi connectivity index (χ2n) is 5.50. The normalized spacial score (nSPS) is 16.3. The molecule has 0 radical (unpaired) electrons. The minimum absolute atomic E-state index is 0.0946. The van der Waals surface area contributed by atoms with Gasteiger partial charge in [0.15, 0.2) is 0 Å². The highest BCUT2D eigenvalue weighted by Crippen LogP contribution is 2.33. The molecule has 1 unspecified atom stereocenters. The lowest BCUT2D eigenvalue weighted by Crippen LogP contribution is -2.41. The van der Waals surface area contributed by atoms with Gasteiger partial charge in [-0.2, -0.15) is 0 Å². The summed E-state index contributed by atoms with van der Waals surface area (Å²) in [5.41, 5.74) is 6.46. The topological polar surface area (TPSA) is 98.5 Å². The van der Waals surface area contributed by atoms with Crippen LogP contribution >= 0.6 is 0 Å². The number of nitrogens with two attached hydrogens (primary N) is 1. The van der Waals surface area contributed by atoms with Crippen molar-refractivity contribution in [2.24, 2.45) is 11.7 Å². The molecule has 1 atom stereocenters. The second kappa shape index (κ2) is 6.76. The smallest absolute Gasteiger partial charge is 0.338 e. The molecule has 1 saturated carbocycles. The van der Waals surface area contributed by atoms with E-state index in [1.807, 2.05) is 0 Å². The first-order valence-electron chi connectivity index (χ1n) is 7.39. The number of esters is 1. The van der Waals surface area contributed by atoms with Crippen LogP contribution in [0.3, 0.4) is 0 Å². The van der Waals surface area contributed by atoms with Gasteiger partial charge in [0.2, 0.25) is 10.0 Å². The van der Waals surface area contributed by atoms with E-state index in [-0.39, 0.29) is 29.7 Å². The fourth-order valence-corrected chi connectivity index (χ4v) is 3.92. The summed E-state index contributed by atoms with van der Waals surface area (Å²) in [6.07, 6.45) is 1.98. The number of sulfonamides is 1. The molecule has 1 aliphatic carbocycles.